The Labute approximate surface area is 172 Å². The quantitative estimate of drug-likeness (QED) is 0.597. The average molecular weight is 453 g/mol. The molecular weight excluding hydrogens is 426 g/mol. The molecule has 0 spiro atoms. The van der Waals surface area contributed by atoms with Gasteiger partial charge in [-0.25, -0.2) is 0 Å². The molecule has 0 radical (unpaired) electrons. The first kappa shape index (κ1) is 22.6. The van der Waals surface area contributed by atoms with E-state index < -0.39 is 21.3 Å². The van der Waals surface area contributed by atoms with Crippen molar-refractivity contribution in [2.45, 2.75) is 34.6 Å². The van der Waals surface area contributed by atoms with Crippen LogP contribution in [0.5, 0.6) is 0 Å². The van der Waals surface area contributed by atoms with E-state index in [-0.39, 0.29) is 24.8 Å². The van der Waals surface area contributed by atoms with Crippen molar-refractivity contribution >= 4 is 3.21 Å². The van der Waals surface area contributed by atoms with Gasteiger partial charge < -0.3 is 24.8 Å². The van der Waals surface area contributed by atoms with E-state index in [1.807, 2.05) is 0 Å². The Balaban J connectivity index is 0.00000156. The first-order valence-corrected chi connectivity index (χ1v) is 12.2. The van der Waals surface area contributed by atoms with E-state index in [9.17, 15) is 0 Å². The Morgan fingerprint density at radius 3 is 1.60 bits per heavy atom. The molecule has 3 rings (SSSR count). The molecule has 0 fully saturated rings. The SMILES string of the molecule is CC1=[C]([Zr+2]([C]2=C(C)C=CC2C)=[C](C)c2ccccc2)C(C)C=C1.[Cl-].[Cl-]. The second kappa shape index (κ2) is 9.45. The van der Waals surface area contributed by atoms with E-state index in [1.54, 1.807) is 9.77 Å². The minimum Gasteiger partial charge on any atom is -1.00 e. The van der Waals surface area contributed by atoms with Crippen molar-refractivity contribution in [2.75, 3.05) is 0 Å². The van der Waals surface area contributed by atoms with Gasteiger partial charge in [-0.3, -0.25) is 0 Å². The molecule has 0 bridgehead atoms. The van der Waals surface area contributed by atoms with Gasteiger partial charge in [0.1, 0.15) is 0 Å². The van der Waals surface area contributed by atoms with Gasteiger partial charge in [-0.1, -0.05) is 0 Å². The first-order chi connectivity index (χ1) is 11.0. The molecular formula is C22H26Cl2Zr. The van der Waals surface area contributed by atoms with Crippen LogP contribution in [0.1, 0.15) is 40.2 Å². The van der Waals surface area contributed by atoms with Crippen LogP contribution >= 0.6 is 0 Å². The second-order valence-electron chi connectivity index (χ2n) is 6.85. The predicted molar refractivity (Wildman–Crippen MR) is 98.2 cm³/mol. The largest absolute Gasteiger partial charge is 1.00 e. The molecule has 2 unspecified atom stereocenters. The van der Waals surface area contributed by atoms with E-state index in [4.69, 9.17) is 0 Å². The molecule has 0 aromatic heterocycles. The summed E-state index contributed by atoms with van der Waals surface area (Å²) in [6.07, 6.45) is 9.49. The summed E-state index contributed by atoms with van der Waals surface area (Å²) in [7, 11) is 0. The molecule has 2 atom stereocenters. The number of hydrogen-bond donors (Lipinski definition) is 0. The Morgan fingerprint density at radius 1 is 0.800 bits per heavy atom. The number of benzene rings is 1. The van der Waals surface area contributed by atoms with Crippen molar-refractivity contribution in [1.29, 1.82) is 0 Å². The van der Waals surface area contributed by atoms with Crippen LogP contribution < -0.4 is 24.8 Å². The Bertz CT molecular complexity index is 738. The van der Waals surface area contributed by atoms with Gasteiger partial charge >= 0.3 is 149 Å². The third-order valence-corrected chi connectivity index (χ3v) is 14.5. The summed E-state index contributed by atoms with van der Waals surface area (Å²) < 4.78 is 5.22. The van der Waals surface area contributed by atoms with Gasteiger partial charge in [0.2, 0.25) is 0 Å². The molecule has 132 valence electrons. The molecule has 0 saturated carbocycles. The predicted octanol–water partition coefficient (Wildman–Crippen LogP) is -0.187. The molecule has 1 aromatic rings. The Hall–Kier alpha value is -0.487. The van der Waals surface area contributed by atoms with E-state index in [2.05, 4.69) is 89.3 Å². The van der Waals surface area contributed by atoms with E-state index in [1.165, 1.54) is 16.7 Å². The van der Waals surface area contributed by atoms with Gasteiger partial charge in [0.15, 0.2) is 0 Å². The van der Waals surface area contributed by atoms with Crippen LogP contribution in [-0.4, -0.2) is 3.21 Å². The third kappa shape index (κ3) is 4.44. The summed E-state index contributed by atoms with van der Waals surface area (Å²) in [5, 5.41) is 0. The Kier molecular flexibility index (Phi) is 8.52. The maximum Gasteiger partial charge on any atom is -1.00 e. The molecule has 0 heterocycles. The minimum atomic E-state index is -2.07. The zero-order valence-corrected chi connectivity index (χ0v) is 19.6. The zero-order valence-electron chi connectivity index (χ0n) is 15.6. The zero-order chi connectivity index (χ0) is 16.6. The van der Waals surface area contributed by atoms with Gasteiger partial charge in [0.25, 0.3) is 0 Å². The fraction of sp³-hybridized carbons (Fsp3) is 0.318. The van der Waals surface area contributed by atoms with Crippen LogP contribution in [0, 0.1) is 11.8 Å². The summed E-state index contributed by atoms with van der Waals surface area (Å²) in [5.41, 5.74) is 4.50. The van der Waals surface area contributed by atoms with Crippen LogP contribution in [0.3, 0.4) is 0 Å². The van der Waals surface area contributed by atoms with E-state index in [0.717, 1.165) is 0 Å². The monoisotopic (exact) mass is 450 g/mol. The van der Waals surface area contributed by atoms with Crippen LogP contribution in [0.4, 0.5) is 0 Å². The summed E-state index contributed by atoms with van der Waals surface area (Å²) in [4.78, 5) is 0. The number of hydrogen-bond acceptors (Lipinski definition) is 0. The molecule has 2 aliphatic rings. The van der Waals surface area contributed by atoms with Gasteiger partial charge in [0, 0.05) is 0 Å². The van der Waals surface area contributed by atoms with Crippen molar-refractivity contribution in [1.82, 2.24) is 0 Å². The molecule has 0 N–H and O–H groups in total. The van der Waals surface area contributed by atoms with Crippen molar-refractivity contribution < 1.29 is 46.1 Å². The molecule has 3 heteroatoms. The molecule has 0 aliphatic heterocycles. The smallest absolute Gasteiger partial charge is 1.00 e. The van der Waals surface area contributed by atoms with Crippen LogP contribution in [0.15, 0.2) is 72.3 Å². The average Bonchev–Trinajstić information content (AvgIpc) is 3.05. The van der Waals surface area contributed by atoms with Crippen LogP contribution in [-0.2, 0) is 21.3 Å². The van der Waals surface area contributed by atoms with Crippen LogP contribution in [0.25, 0.3) is 0 Å². The molecule has 2 aliphatic carbocycles. The van der Waals surface area contributed by atoms with Crippen molar-refractivity contribution in [2.24, 2.45) is 11.8 Å². The van der Waals surface area contributed by atoms with Crippen molar-refractivity contribution in [3.8, 4) is 0 Å². The maximum atomic E-state index is 2.40. The maximum absolute atomic E-state index is 2.40. The molecule has 0 nitrogen and oxygen atoms in total. The number of halogens is 2. The van der Waals surface area contributed by atoms with Crippen molar-refractivity contribution in [3.05, 3.63) is 77.9 Å². The van der Waals surface area contributed by atoms with Gasteiger partial charge in [-0.05, 0) is 0 Å². The molecule has 0 saturated heterocycles. The van der Waals surface area contributed by atoms with Crippen LogP contribution in [0.2, 0.25) is 0 Å². The fourth-order valence-corrected chi connectivity index (χ4v) is 12.8. The van der Waals surface area contributed by atoms with Gasteiger partial charge in [-0.15, -0.1) is 0 Å². The molecule has 25 heavy (non-hydrogen) atoms. The standard InChI is InChI=1S/C8H8.2C7H9.2ClH.Zr/c1-2-8-6-4-3-5-7-8;2*1-6-3-4-7(2)5-6;;;/h3-7H,1H3;2*3-4,6H,1-2H3;2*1H;/q;;;;;+2/p-2. The molecule has 1 aromatic carbocycles. The van der Waals surface area contributed by atoms with Crippen molar-refractivity contribution in [3.63, 3.8) is 0 Å². The third-order valence-electron chi connectivity index (χ3n) is 5.15. The Morgan fingerprint density at radius 2 is 1.24 bits per heavy atom. The second-order valence-corrected chi connectivity index (χ2v) is 13.2. The minimum absolute atomic E-state index is 0. The first-order valence-electron chi connectivity index (χ1n) is 8.55. The fourth-order valence-electron chi connectivity index (χ4n) is 3.90. The summed E-state index contributed by atoms with van der Waals surface area (Å²) in [6.45, 7) is 11.8. The van der Waals surface area contributed by atoms with Gasteiger partial charge in [0.05, 0.1) is 0 Å². The topological polar surface area (TPSA) is 0 Å². The summed E-state index contributed by atoms with van der Waals surface area (Å²) in [5.74, 6) is 1.22. The summed E-state index contributed by atoms with van der Waals surface area (Å²) >= 11 is -2.07. The summed E-state index contributed by atoms with van der Waals surface area (Å²) in [6, 6.07) is 11.1. The number of allylic oxidation sites excluding steroid dienone is 8. The number of rotatable bonds is 3. The normalized spacial score (nSPS) is 21.0. The van der Waals surface area contributed by atoms with E-state index >= 15 is 0 Å². The van der Waals surface area contributed by atoms with Gasteiger partial charge in [-0.2, -0.15) is 0 Å². The van der Waals surface area contributed by atoms with E-state index in [0.29, 0.717) is 11.8 Å². The molecule has 0 amide bonds.